The third kappa shape index (κ3) is 4.04. The molecule has 90 valence electrons. The summed E-state index contributed by atoms with van der Waals surface area (Å²) in [7, 11) is 0. The summed E-state index contributed by atoms with van der Waals surface area (Å²) in [5, 5.41) is 0. The van der Waals surface area contributed by atoms with Crippen molar-refractivity contribution in [1.82, 2.24) is 10.4 Å². The quantitative estimate of drug-likeness (QED) is 0.257. The standard InChI is InChI=1S/C11H13N3O3/c1-2-17-10(15)4-3-8-5-9(7-13-6-8)11(16)14-12/h3-7H,2,12H2,1H3,(H,14,16). The molecule has 0 aliphatic heterocycles. The number of aromatic nitrogens is 1. The van der Waals surface area contributed by atoms with Crippen molar-refractivity contribution in [2.45, 2.75) is 6.92 Å². The van der Waals surface area contributed by atoms with Crippen molar-refractivity contribution in [2.24, 2.45) is 5.84 Å². The van der Waals surface area contributed by atoms with Gasteiger partial charge in [0.25, 0.3) is 5.91 Å². The molecule has 0 saturated carbocycles. The first-order valence-corrected chi connectivity index (χ1v) is 4.98. The number of nitrogen functional groups attached to an aromatic ring is 1. The number of esters is 1. The molecule has 1 amide bonds. The Balaban J connectivity index is 2.78. The zero-order chi connectivity index (χ0) is 12.7. The van der Waals surface area contributed by atoms with Gasteiger partial charge in [-0.05, 0) is 24.6 Å². The van der Waals surface area contributed by atoms with E-state index in [1.165, 1.54) is 24.5 Å². The zero-order valence-electron chi connectivity index (χ0n) is 9.34. The van der Waals surface area contributed by atoms with Gasteiger partial charge in [-0.2, -0.15) is 0 Å². The molecule has 6 nitrogen and oxygen atoms in total. The van der Waals surface area contributed by atoms with Crippen LogP contribution in [0.25, 0.3) is 6.08 Å². The number of rotatable bonds is 4. The van der Waals surface area contributed by atoms with Gasteiger partial charge in [0.1, 0.15) is 0 Å². The Kier molecular flexibility index (Phi) is 4.83. The van der Waals surface area contributed by atoms with E-state index in [4.69, 9.17) is 10.6 Å². The molecule has 1 aromatic rings. The van der Waals surface area contributed by atoms with E-state index in [9.17, 15) is 9.59 Å². The van der Waals surface area contributed by atoms with E-state index >= 15 is 0 Å². The summed E-state index contributed by atoms with van der Waals surface area (Å²) < 4.78 is 4.72. The Bertz CT molecular complexity index is 443. The number of carbonyl (C=O) groups is 2. The SMILES string of the molecule is CCOC(=O)C=Cc1cncc(C(=O)NN)c1. The molecule has 0 bridgehead atoms. The average Bonchev–Trinajstić information content (AvgIpc) is 2.36. The van der Waals surface area contributed by atoms with E-state index in [2.05, 4.69) is 4.98 Å². The minimum atomic E-state index is -0.443. The van der Waals surface area contributed by atoms with Crippen molar-refractivity contribution < 1.29 is 14.3 Å². The summed E-state index contributed by atoms with van der Waals surface area (Å²) in [5.74, 6) is 4.11. The lowest BCUT2D eigenvalue weighted by molar-refractivity contribution is -0.137. The van der Waals surface area contributed by atoms with Gasteiger partial charge in [-0.1, -0.05) is 0 Å². The van der Waals surface area contributed by atoms with Gasteiger partial charge in [0.2, 0.25) is 0 Å². The molecule has 6 heteroatoms. The summed E-state index contributed by atoms with van der Waals surface area (Å²) >= 11 is 0. The lowest BCUT2D eigenvalue weighted by atomic mass is 10.2. The largest absolute Gasteiger partial charge is 0.463 e. The van der Waals surface area contributed by atoms with E-state index in [1.807, 2.05) is 5.43 Å². The molecule has 0 radical (unpaired) electrons. The highest BCUT2D eigenvalue weighted by atomic mass is 16.5. The van der Waals surface area contributed by atoms with Crippen molar-refractivity contribution >= 4 is 18.0 Å². The zero-order valence-corrected chi connectivity index (χ0v) is 9.34. The van der Waals surface area contributed by atoms with Crippen LogP contribution in [0.3, 0.4) is 0 Å². The third-order valence-corrected chi connectivity index (χ3v) is 1.85. The van der Waals surface area contributed by atoms with E-state index in [0.29, 0.717) is 17.7 Å². The van der Waals surface area contributed by atoms with Gasteiger partial charge < -0.3 is 4.74 Å². The molecule has 1 aromatic heterocycles. The Hall–Kier alpha value is -2.21. The number of ether oxygens (including phenoxy) is 1. The van der Waals surface area contributed by atoms with Gasteiger partial charge in [0, 0.05) is 18.5 Å². The summed E-state index contributed by atoms with van der Waals surface area (Å²) in [6, 6.07) is 1.56. The Morgan fingerprint density at radius 1 is 1.53 bits per heavy atom. The second kappa shape index (κ2) is 6.39. The maximum atomic E-state index is 11.2. The topological polar surface area (TPSA) is 94.3 Å². The van der Waals surface area contributed by atoms with Crippen molar-refractivity contribution in [3.05, 3.63) is 35.7 Å². The number of amides is 1. The molecule has 0 unspecified atom stereocenters. The minimum Gasteiger partial charge on any atom is -0.463 e. The fraction of sp³-hybridized carbons (Fsp3) is 0.182. The van der Waals surface area contributed by atoms with Crippen LogP contribution in [0.15, 0.2) is 24.5 Å². The fourth-order valence-corrected chi connectivity index (χ4v) is 1.11. The number of hydrogen-bond donors (Lipinski definition) is 2. The van der Waals surface area contributed by atoms with Crippen LogP contribution in [-0.4, -0.2) is 23.5 Å². The Morgan fingerprint density at radius 2 is 2.29 bits per heavy atom. The van der Waals surface area contributed by atoms with Crippen LogP contribution in [0.1, 0.15) is 22.8 Å². The van der Waals surface area contributed by atoms with Gasteiger partial charge in [0.15, 0.2) is 0 Å². The summed E-state index contributed by atoms with van der Waals surface area (Å²) in [6.45, 7) is 2.04. The summed E-state index contributed by atoms with van der Waals surface area (Å²) in [4.78, 5) is 26.1. The first-order chi connectivity index (χ1) is 8.17. The van der Waals surface area contributed by atoms with Crippen LogP contribution >= 0.6 is 0 Å². The van der Waals surface area contributed by atoms with E-state index < -0.39 is 11.9 Å². The lowest BCUT2D eigenvalue weighted by Crippen LogP contribution is -2.30. The maximum Gasteiger partial charge on any atom is 0.330 e. The van der Waals surface area contributed by atoms with Crippen molar-refractivity contribution in [1.29, 1.82) is 0 Å². The molecule has 0 spiro atoms. The van der Waals surface area contributed by atoms with Crippen LogP contribution in [0.2, 0.25) is 0 Å². The van der Waals surface area contributed by atoms with Gasteiger partial charge in [-0.25, -0.2) is 10.6 Å². The second-order valence-electron chi connectivity index (χ2n) is 3.07. The Labute approximate surface area is 98.4 Å². The van der Waals surface area contributed by atoms with Crippen LogP contribution in [0.4, 0.5) is 0 Å². The molecule has 1 rings (SSSR count). The van der Waals surface area contributed by atoms with Crippen molar-refractivity contribution in [3.63, 3.8) is 0 Å². The molecule has 1 heterocycles. The summed E-state index contributed by atoms with van der Waals surface area (Å²) in [5.41, 5.74) is 2.93. The van der Waals surface area contributed by atoms with E-state index in [1.54, 1.807) is 13.0 Å². The molecule has 17 heavy (non-hydrogen) atoms. The van der Waals surface area contributed by atoms with Crippen LogP contribution in [0.5, 0.6) is 0 Å². The van der Waals surface area contributed by atoms with Crippen LogP contribution < -0.4 is 11.3 Å². The van der Waals surface area contributed by atoms with Crippen LogP contribution in [-0.2, 0) is 9.53 Å². The fourth-order valence-electron chi connectivity index (χ4n) is 1.11. The van der Waals surface area contributed by atoms with E-state index in [-0.39, 0.29) is 0 Å². The first-order valence-electron chi connectivity index (χ1n) is 4.98. The van der Waals surface area contributed by atoms with Crippen LogP contribution in [0, 0.1) is 0 Å². The molecule has 0 aromatic carbocycles. The number of hydrazine groups is 1. The average molecular weight is 235 g/mol. The second-order valence-corrected chi connectivity index (χ2v) is 3.07. The molecule has 0 fully saturated rings. The molecular weight excluding hydrogens is 222 g/mol. The molecule has 3 N–H and O–H groups in total. The minimum absolute atomic E-state index is 0.317. The molecule has 0 atom stereocenters. The highest BCUT2D eigenvalue weighted by Crippen LogP contribution is 2.04. The van der Waals surface area contributed by atoms with E-state index in [0.717, 1.165) is 0 Å². The van der Waals surface area contributed by atoms with Gasteiger partial charge >= 0.3 is 5.97 Å². The highest BCUT2D eigenvalue weighted by molar-refractivity contribution is 5.94. The number of nitrogens with zero attached hydrogens (tertiary/aromatic N) is 1. The predicted octanol–water partition coefficient (Wildman–Crippen LogP) is 0.261. The Morgan fingerprint density at radius 3 is 2.94 bits per heavy atom. The number of nitrogens with two attached hydrogens (primary N) is 1. The van der Waals surface area contributed by atoms with Crippen molar-refractivity contribution in [2.75, 3.05) is 6.61 Å². The molecule has 0 aliphatic carbocycles. The summed E-state index contributed by atoms with van der Waals surface area (Å²) in [6.07, 6.45) is 5.68. The molecule has 0 saturated heterocycles. The van der Waals surface area contributed by atoms with Crippen molar-refractivity contribution in [3.8, 4) is 0 Å². The predicted molar refractivity (Wildman–Crippen MR) is 61.6 cm³/mol. The monoisotopic (exact) mass is 235 g/mol. The first kappa shape index (κ1) is 12.9. The van der Waals surface area contributed by atoms with Gasteiger partial charge in [0.05, 0.1) is 12.2 Å². The van der Waals surface area contributed by atoms with Gasteiger partial charge in [-0.15, -0.1) is 0 Å². The molecule has 0 aliphatic rings. The number of carbonyl (C=O) groups excluding carboxylic acids is 2. The van der Waals surface area contributed by atoms with Gasteiger partial charge in [-0.3, -0.25) is 15.2 Å². The number of nitrogens with one attached hydrogen (secondary N) is 1. The highest BCUT2D eigenvalue weighted by Gasteiger charge is 2.03. The smallest absolute Gasteiger partial charge is 0.330 e. The normalized spacial score (nSPS) is 10.2. The number of hydrogen-bond acceptors (Lipinski definition) is 5. The molecular formula is C11H13N3O3. The maximum absolute atomic E-state index is 11.2. The number of pyridine rings is 1. The third-order valence-electron chi connectivity index (χ3n) is 1.85. The lowest BCUT2D eigenvalue weighted by Gasteiger charge is -2.00.